The number of carbonyl (C=O) groups excluding carboxylic acids is 10. The number of carboxylic acids is 1. The SMILES string of the molecule is CC(C)[C@H](NC(=O)[C@H](C)NC(=O)[C@@H]1CCCN1C(=O)[C@H](CC(N)=O)NC(=O)[C@@H](NC(=O)[C@H](Cc1ccc(O)cc1)NC(=O)[C@@H](N)CO)[C@@H](C)O)C(=O)N[C@@H](C)C(=O)N[C@@H](C)C(=O)N[C@@H](C)C(=O)O. The Bertz CT molecular complexity index is 2020. The molecule has 1 saturated heterocycles. The van der Waals surface area contributed by atoms with Gasteiger partial charge in [0.2, 0.25) is 59.1 Å². The Morgan fingerprint density at radius 1 is 0.647 bits per heavy atom. The van der Waals surface area contributed by atoms with Crippen molar-refractivity contribution in [2.45, 2.75) is 141 Å². The van der Waals surface area contributed by atoms with E-state index in [4.69, 9.17) is 16.6 Å². The molecule has 11 atom stereocenters. The monoisotopic (exact) mass is 963 g/mol. The average Bonchev–Trinajstić information content (AvgIpc) is 3.76. The predicted octanol–water partition coefficient (Wildman–Crippen LogP) is -5.80. The van der Waals surface area contributed by atoms with Gasteiger partial charge in [-0.3, -0.25) is 52.7 Å². The molecule has 0 aromatic heterocycles. The molecule has 0 unspecified atom stereocenters. The maximum atomic E-state index is 14.0. The molecule has 1 fully saturated rings. The third kappa shape index (κ3) is 17.4. The Hall–Kier alpha value is -6.93. The van der Waals surface area contributed by atoms with Gasteiger partial charge in [-0.2, -0.15) is 0 Å². The van der Waals surface area contributed by atoms with Gasteiger partial charge in [0.25, 0.3) is 0 Å². The number of benzene rings is 1. The summed E-state index contributed by atoms with van der Waals surface area (Å²) in [6.45, 7) is 8.69. The van der Waals surface area contributed by atoms with E-state index in [-0.39, 0.29) is 31.6 Å². The van der Waals surface area contributed by atoms with Crippen LogP contribution in [0.25, 0.3) is 0 Å². The highest BCUT2D eigenvalue weighted by Crippen LogP contribution is 2.20. The molecule has 1 heterocycles. The quantitative estimate of drug-likeness (QED) is 0.0434. The number of hydrogen-bond donors (Lipinski definition) is 14. The lowest BCUT2D eigenvalue weighted by Gasteiger charge is -2.31. The predicted molar refractivity (Wildman–Crippen MR) is 238 cm³/mol. The van der Waals surface area contributed by atoms with Gasteiger partial charge < -0.3 is 79.3 Å². The van der Waals surface area contributed by atoms with Gasteiger partial charge >= 0.3 is 5.97 Å². The summed E-state index contributed by atoms with van der Waals surface area (Å²) in [6.07, 6.45) is -2.27. The van der Waals surface area contributed by atoms with E-state index in [1.165, 1.54) is 52.0 Å². The number of likely N-dealkylation sites (tertiary alicyclic amines) is 1. The van der Waals surface area contributed by atoms with Gasteiger partial charge in [-0.1, -0.05) is 26.0 Å². The average molecular weight is 964 g/mol. The summed E-state index contributed by atoms with van der Waals surface area (Å²) >= 11 is 0. The number of nitrogens with zero attached hydrogens (tertiary/aromatic N) is 1. The second-order valence-corrected chi connectivity index (χ2v) is 16.9. The molecule has 0 bridgehead atoms. The lowest BCUT2D eigenvalue weighted by atomic mass is 10.0. The molecule has 26 heteroatoms. The van der Waals surface area contributed by atoms with Gasteiger partial charge in [0.05, 0.1) is 19.1 Å². The zero-order valence-electron chi connectivity index (χ0n) is 38.9. The maximum Gasteiger partial charge on any atom is 0.325 e. The van der Waals surface area contributed by atoms with Crippen molar-refractivity contribution in [3.05, 3.63) is 29.8 Å². The van der Waals surface area contributed by atoms with Crippen molar-refractivity contribution in [2.75, 3.05) is 13.2 Å². The zero-order chi connectivity index (χ0) is 51.7. The third-order valence-electron chi connectivity index (χ3n) is 10.7. The minimum absolute atomic E-state index is 0.0416. The second-order valence-electron chi connectivity index (χ2n) is 16.9. The van der Waals surface area contributed by atoms with Gasteiger partial charge in [0, 0.05) is 13.0 Å². The highest BCUT2D eigenvalue weighted by molar-refractivity contribution is 5.99. The van der Waals surface area contributed by atoms with Crippen LogP contribution in [0.1, 0.15) is 73.3 Å². The first-order valence-electron chi connectivity index (χ1n) is 21.8. The van der Waals surface area contributed by atoms with Crippen LogP contribution in [-0.4, -0.2) is 170 Å². The Kier molecular flexibility index (Phi) is 22.2. The number of carboxylic acid groups (broad SMARTS) is 1. The van der Waals surface area contributed by atoms with Crippen molar-refractivity contribution in [3.63, 3.8) is 0 Å². The smallest absolute Gasteiger partial charge is 0.325 e. The number of aliphatic hydroxyl groups is 2. The molecule has 68 heavy (non-hydrogen) atoms. The van der Waals surface area contributed by atoms with Crippen LogP contribution in [-0.2, 0) is 59.2 Å². The lowest BCUT2D eigenvalue weighted by molar-refractivity contribution is -0.144. The number of rotatable bonds is 25. The standard InChI is InChI=1S/C42H65N11O15/c1-18(2)31(39(64)47-20(4)33(58)45-19(3)34(59)48-22(6)42(67)68)51-35(60)21(5)46-38(63)29-9-8-14-53(29)41(66)28(16-30(44)57)50-40(65)32(23(7)55)52-37(62)27(49-36(61)26(43)17-54)15-24-10-12-25(56)13-11-24/h10-13,18-23,26-29,31-32,54-56H,8-9,14-17,43H2,1-7H3,(H2,44,57)(H,45,58)(H,46,63)(H,47,64)(H,48,59)(H,49,61)(H,50,65)(H,51,60)(H,52,62)(H,67,68)/t19-,20-,21-,22-,23+,26-,27-,28-,29-,31-,32-/m0/s1. The molecule has 1 aliphatic rings. The molecule has 0 radical (unpaired) electrons. The first-order valence-corrected chi connectivity index (χ1v) is 21.8. The summed E-state index contributed by atoms with van der Waals surface area (Å²) < 4.78 is 0. The topological polar surface area (TPSA) is 420 Å². The summed E-state index contributed by atoms with van der Waals surface area (Å²) in [5.41, 5.74) is 11.5. The minimum atomic E-state index is -1.80. The summed E-state index contributed by atoms with van der Waals surface area (Å²) in [6, 6.07) is -8.22. The largest absolute Gasteiger partial charge is 0.508 e. The summed E-state index contributed by atoms with van der Waals surface area (Å²) in [5, 5.41) is 57.6. The van der Waals surface area contributed by atoms with Gasteiger partial charge in [0.1, 0.15) is 66.2 Å². The lowest BCUT2D eigenvalue weighted by Crippen LogP contribution is -2.62. The number of phenols is 1. The first kappa shape index (κ1) is 57.2. The molecule has 1 aromatic rings. The highest BCUT2D eigenvalue weighted by Gasteiger charge is 2.41. The third-order valence-corrected chi connectivity index (χ3v) is 10.7. The van der Waals surface area contributed by atoms with Crippen molar-refractivity contribution < 1.29 is 73.2 Å². The van der Waals surface area contributed by atoms with E-state index in [1.54, 1.807) is 13.8 Å². The van der Waals surface area contributed by atoms with Gasteiger partial charge in [-0.05, 0) is 71.1 Å². The van der Waals surface area contributed by atoms with Crippen LogP contribution in [0, 0.1) is 5.92 Å². The molecule has 16 N–H and O–H groups in total. The van der Waals surface area contributed by atoms with Crippen molar-refractivity contribution in [1.82, 2.24) is 47.4 Å². The van der Waals surface area contributed by atoms with Crippen LogP contribution in [0.3, 0.4) is 0 Å². The maximum absolute atomic E-state index is 14.0. The molecule has 1 aromatic carbocycles. The van der Waals surface area contributed by atoms with E-state index in [2.05, 4.69) is 42.5 Å². The molecule has 0 aliphatic carbocycles. The first-order chi connectivity index (χ1) is 31.7. The molecule has 378 valence electrons. The van der Waals surface area contributed by atoms with Gasteiger partial charge in [-0.15, -0.1) is 0 Å². The van der Waals surface area contributed by atoms with Gasteiger partial charge in [0.15, 0.2) is 0 Å². The number of nitrogens with two attached hydrogens (primary N) is 2. The van der Waals surface area contributed by atoms with E-state index >= 15 is 0 Å². The van der Waals surface area contributed by atoms with Crippen LogP contribution in [0.4, 0.5) is 0 Å². The molecule has 2 rings (SSSR count). The number of aromatic hydroxyl groups is 1. The summed E-state index contributed by atoms with van der Waals surface area (Å²) in [7, 11) is 0. The Morgan fingerprint density at radius 2 is 1.13 bits per heavy atom. The van der Waals surface area contributed by atoms with Crippen LogP contribution < -0.4 is 54.0 Å². The van der Waals surface area contributed by atoms with Crippen molar-refractivity contribution in [2.24, 2.45) is 17.4 Å². The van der Waals surface area contributed by atoms with Crippen LogP contribution in [0.15, 0.2) is 24.3 Å². The van der Waals surface area contributed by atoms with E-state index in [0.717, 1.165) is 11.8 Å². The molecular weight excluding hydrogens is 899 g/mol. The second kappa shape index (κ2) is 26.4. The Balaban J connectivity index is 2.17. The van der Waals surface area contributed by atoms with Crippen molar-refractivity contribution >= 4 is 65.0 Å². The van der Waals surface area contributed by atoms with Crippen molar-refractivity contribution in [3.8, 4) is 5.75 Å². The fraction of sp³-hybridized carbons (Fsp3) is 0.595. The fourth-order valence-electron chi connectivity index (χ4n) is 6.62. The summed E-state index contributed by atoms with van der Waals surface area (Å²) in [4.78, 5) is 143. The summed E-state index contributed by atoms with van der Waals surface area (Å²) in [5.74, 6) is -11.0. The molecule has 0 saturated carbocycles. The molecule has 1 aliphatic heterocycles. The number of carbonyl (C=O) groups is 11. The molecule has 0 spiro atoms. The van der Waals surface area contributed by atoms with E-state index in [1.807, 2.05) is 0 Å². The van der Waals surface area contributed by atoms with Crippen molar-refractivity contribution in [1.29, 1.82) is 0 Å². The molecular formula is C42H65N11O15. The highest BCUT2D eigenvalue weighted by atomic mass is 16.4. The number of nitrogens with one attached hydrogen (secondary N) is 8. The minimum Gasteiger partial charge on any atom is -0.508 e. The number of primary amides is 1. The van der Waals surface area contributed by atoms with E-state index in [0.29, 0.717) is 5.56 Å². The zero-order valence-corrected chi connectivity index (χ0v) is 38.9. The number of phenolic OH excluding ortho intramolecular Hbond substituents is 1. The number of aliphatic carboxylic acids is 1. The van der Waals surface area contributed by atoms with E-state index in [9.17, 15) is 68.1 Å². The Labute approximate surface area is 391 Å². The Morgan fingerprint density at radius 3 is 1.65 bits per heavy atom. The van der Waals surface area contributed by atoms with Crippen LogP contribution >= 0.6 is 0 Å². The molecule has 10 amide bonds. The molecule has 26 nitrogen and oxygen atoms in total. The fourth-order valence-corrected chi connectivity index (χ4v) is 6.62. The number of amides is 10. The van der Waals surface area contributed by atoms with Gasteiger partial charge in [-0.25, -0.2) is 0 Å². The normalized spacial score (nSPS) is 17.8. The van der Waals surface area contributed by atoms with E-state index < -0.39 is 151 Å². The van der Waals surface area contributed by atoms with Crippen LogP contribution in [0.2, 0.25) is 0 Å². The van der Waals surface area contributed by atoms with Crippen LogP contribution in [0.5, 0.6) is 5.75 Å². The number of aliphatic hydroxyl groups excluding tert-OH is 2. The number of hydrogen-bond acceptors (Lipinski definition) is 15.